The Morgan fingerprint density at radius 1 is 0.875 bits per heavy atom. The maximum atomic E-state index is 10.7. The summed E-state index contributed by atoms with van der Waals surface area (Å²) in [5, 5.41) is 3.43. The van der Waals surface area contributed by atoms with Gasteiger partial charge in [-0.1, -0.05) is 81.4 Å². The average molecular weight is 438 g/mol. The largest absolute Gasteiger partial charge is 0.376 e. The Bertz CT molecular complexity index is 812. The molecule has 2 fully saturated rings. The Morgan fingerprint density at radius 2 is 1.41 bits per heavy atom. The Kier molecular flexibility index (Phi) is 9.03. The predicted molar refractivity (Wildman–Crippen MR) is 129 cm³/mol. The van der Waals surface area contributed by atoms with E-state index in [1.54, 1.807) is 0 Å². The summed E-state index contributed by atoms with van der Waals surface area (Å²) < 4.78 is 11.4. The van der Waals surface area contributed by atoms with Gasteiger partial charge in [0.25, 0.3) is 0 Å². The molecule has 2 aromatic carbocycles. The molecule has 0 aliphatic heterocycles. The standard InChI is InChI=1S/C15H23NO.C13H16O2/c1-3-16-12-15(2)9-14(15)11-17-10-13-7-5-4-6-8-13;1-13(10-14)7-12(13)9-15-8-11-5-3-2-4-6-11/h4-8,14,16H,3,9-12H2,1-2H3;2-6,10,12H,7-9H2,1H3/t14-,15+;12-,13+/m11/s1. The molecule has 2 aromatic rings. The van der Waals surface area contributed by atoms with Crippen LogP contribution in [0.15, 0.2) is 60.7 Å². The van der Waals surface area contributed by atoms with Crippen molar-refractivity contribution < 1.29 is 14.3 Å². The molecular formula is C28H39NO3. The van der Waals surface area contributed by atoms with E-state index in [1.165, 1.54) is 17.5 Å². The molecule has 0 aromatic heterocycles. The van der Waals surface area contributed by atoms with E-state index in [2.05, 4.69) is 43.4 Å². The van der Waals surface area contributed by atoms with Crippen molar-refractivity contribution in [2.75, 3.05) is 26.3 Å². The molecule has 2 aliphatic rings. The number of benzene rings is 2. The van der Waals surface area contributed by atoms with Crippen LogP contribution < -0.4 is 5.32 Å². The van der Waals surface area contributed by atoms with Crippen LogP contribution in [-0.4, -0.2) is 32.6 Å². The molecule has 4 nitrogen and oxygen atoms in total. The predicted octanol–water partition coefficient (Wildman–Crippen LogP) is 5.27. The van der Waals surface area contributed by atoms with Crippen LogP contribution in [0.3, 0.4) is 0 Å². The summed E-state index contributed by atoms with van der Waals surface area (Å²) >= 11 is 0. The van der Waals surface area contributed by atoms with Crippen molar-refractivity contribution in [1.29, 1.82) is 0 Å². The lowest BCUT2D eigenvalue weighted by Gasteiger charge is -2.11. The number of carbonyl (C=O) groups is 1. The first-order chi connectivity index (χ1) is 15.5. The van der Waals surface area contributed by atoms with E-state index >= 15 is 0 Å². The second-order valence-corrected chi connectivity index (χ2v) is 9.86. The zero-order valence-electron chi connectivity index (χ0n) is 19.9. The first-order valence-electron chi connectivity index (χ1n) is 11.9. The maximum Gasteiger partial charge on any atom is 0.126 e. The number of hydrogen-bond acceptors (Lipinski definition) is 4. The lowest BCUT2D eigenvalue weighted by atomic mass is 10.1. The van der Waals surface area contributed by atoms with Gasteiger partial charge in [-0.2, -0.15) is 0 Å². The van der Waals surface area contributed by atoms with Crippen molar-refractivity contribution in [2.24, 2.45) is 22.7 Å². The van der Waals surface area contributed by atoms with Crippen LogP contribution in [-0.2, 0) is 27.5 Å². The van der Waals surface area contributed by atoms with E-state index in [-0.39, 0.29) is 5.41 Å². The summed E-state index contributed by atoms with van der Waals surface area (Å²) in [7, 11) is 0. The molecule has 0 saturated heterocycles. The summed E-state index contributed by atoms with van der Waals surface area (Å²) in [4.78, 5) is 10.7. The Labute approximate surface area is 193 Å². The Balaban J connectivity index is 0.000000182. The minimum absolute atomic E-state index is 0.101. The van der Waals surface area contributed by atoms with Gasteiger partial charge in [0.05, 0.1) is 26.4 Å². The fourth-order valence-corrected chi connectivity index (χ4v) is 4.04. The third kappa shape index (κ3) is 7.54. The summed E-state index contributed by atoms with van der Waals surface area (Å²) in [6.45, 7) is 11.7. The highest BCUT2D eigenvalue weighted by atomic mass is 16.5. The summed E-state index contributed by atoms with van der Waals surface area (Å²) in [6, 6.07) is 20.5. The van der Waals surface area contributed by atoms with E-state index in [0.717, 1.165) is 44.9 Å². The number of aldehydes is 1. The number of rotatable bonds is 12. The topological polar surface area (TPSA) is 47.6 Å². The molecule has 0 spiro atoms. The van der Waals surface area contributed by atoms with Crippen LogP contribution in [0.1, 0.15) is 44.7 Å². The zero-order valence-corrected chi connectivity index (χ0v) is 19.9. The van der Waals surface area contributed by atoms with Crippen LogP contribution in [0, 0.1) is 22.7 Å². The molecule has 4 rings (SSSR count). The van der Waals surface area contributed by atoms with Crippen molar-refractivity contribution in [2.45, 2.75) is 46.8 Å². The molecule has 2 aliphatic carbocycles. The fraction of sp³-hybridized carbons (Fsp3) is 0.536. The minimum atomic E-state index is -0.101. The van der Waals surface area contributed by atoms with Crippen LogP contribution in [0.5, 0.6) is 0 Å². The number of hydrogen-bond donors (Lipinski definition) is 1. The highest BCUT2D eigenvalue weighted by molar-refractivity contribution is 5.63. The van der Waals surface area contributed by atoms with Gasteiger partial charge in [-0.25, -0.2) is 0 Å². The first kappa shape index (κ1) is 24.6. The number of carbonyl (C=O) groups excluding carboxylic acids is 1. The molecule has 0 unspecified atom stereocenters. The van der Waals surface area contributed by atoms with Crippen molar-refractivity contribution >= 4 is 6.29 Å². The molecule has 174 valence electrons. The number of ether oxygens (including phenoxy) is 2. The summed E-state index contributed by atoms with van der Waals surface area (Å²) in [5.41, 5.74) is 2.83. The molecule has 4 atom stereocenters. The van der Waals surface area contributed by atoms with Crippen molar-refractivity contribution in [3.05, 3.63) is 71.8 Å². The van der Waals surface area contributed by atoms with Crippen LogP contribution in [0.25, 0.3) is 0 Å². The lowest BCUT2D eigenvalue weighted by molar-refractivity contribution is -0.112. The van der Waals surface area contributed by atoms with Crippen molar-refractivity contribution in [3.8, 4) is 0 Å². The molecule has 4 heteroatoms. The molecule has 2 saturated carbocycles. The molecule has 1 N–H and O–H groups in total. The highest BCUT2D eigenvalue weighted by Crippen LogP contribution is 2.51. The van der Waals surface area contributed by atoms with Crippen molar-refractivity contribution in [3.63, 3.8) is 0 Å². The average Bonchev–Trinajstić information content (AvgIpc) is 3.69. The van der Waals surface area contributed by atoms with Gasteiger partial charge in [-0.15, -0.1) is 0 Å². The SMILES string of the molecule is CCNC[C@]1(C)C[C@@H]1COCc1ccccc1.C[C@@]1(C=O)C[C@@H]1COCc1ccccc1. The molecule has 0 heterocycles. The Morgan fingerprint density at radius 3 is 1.88 bits per heavy atom. The van der Waals surface area contributed by atoms with Crippen LogP contribution in [0.4, 0.5) is 0 Å². The Hall–Kier alpha value is -2.01. The van der Waals surface area contributed by atoms with Gasteiger partial charge in [0.2, 0.25) is 0 Å². The van der Waals surface area contributed by atoms with Gasteiger partial charge in [0.15, 0.2) is 0 Å². The molecule has 32 heavy (non-hydrogen) atoms. The van der Waals surface area contributed by atoms with E-state index in [9.17, 15) is 4.79 Å². The van der Waals surface area contributed by atoms with Crippen LogP contribution in [0.2, 0.25) is 0 Å². The van der Waals surface area contributed by atoms with E-state index in [0.29, 0.717) is 24.5 Å². The highest BCUT2D eigenvalue weighted by Gasteiger charge is 2.50. The monoisotopic (exact) mass is 437 g/mol. The zero-order chi connectivity index (χ0) is 22.9. The molecule has 0 radical (unpaired) electrons. The lowest BCUT2D eigenvalue weighted by Crippen LogP contribution is -2.23. The van der Waals surface area contributed by atoms with Gasteiger partial charge in [-0.05, 0) is 47.8 Å². The second kappa shape index (κ2) is 11.7. The van der Waals surface area contributed by atoms with Crippen molar-refractivity contribution in [1.82, 2.24) is 5.32 Å². The second-order valence-electron chi connectivity index (χ2n) is 9.86. The van der Waals surface area contributed by atoms with E-state index in [1.807, 2.05) is 43.3 Å². The normalized spacial score (nSPS) is 27.8. The smallest absolute Gasteiger partial charge is 0.126 e. The summed E-state index contributed by atoms with van der Waals surface area (Å²) in [6.07, 6.45) is 3.34. The van der Waals surface area contributed by atoms with Gasteiger partial charge in [0, 0.05) is 12.0 Å². The first-order valence-corrected chi connectivity index (χ1v) is 11.9. The van der Waals surface area contributed by atoms with E-state index in [4.69, 9.17) is 9.47 Å². The van der Waals surface area contributed by atoms with Gasteiger partial charge in [-0.3, -0.25) is 0 Å². The third-order valence-electron chi connectivity index (χ3n) is 6.91. The fourth-order valence-electron chi connectivity index (χ4n) is 4.04. The molecule has 0 amide bonds. The van der Waals surface area contributed by atoms with Gasteiger partial charge < -0.3 is 19.6 Å². The quantitative estimate of drug-likeness (QED) is 0.460. The van der Waals surface area contributed by atoms with E-state index < -0.39 is 0 Å². The van der Waals surface area contributed by atoms with Gasteiger partial charge in [0.1, 0.15) is 6.29 Å². The number of nitrogens with one attached hydrogen (secondary N) is 1. The van der Waals surface area contributed by atoms with Gasteiger partial charge >= 0.3 is 0 Å². The summed E-state index contributed by atoms with van der Waals surface area (Å²) in [5.74, 6) is 1.17. The minimum Gasteiger partial charge on any atom is -0.376 e. The third-order valence-corrected chi connectivity index (χ3v) is 6.91. The maximum absolute atomic E-state index is 10.7. The molecular weight excluding hydrogens is 398 g/mol. The molecule has 0 bridgehead atoms. The van der Waals surface area contributed by atoms with Crippen LogP contribution >= 0.6 is 0 Å².